The van der Waals surface area contributed by atoms with E-state index in [2.05, 4.69) is 29.5 Å². The van der Waals surface area contributed by atoms with Crippen LogP contribution in [0.4, 0.5) is 0 Å². The van der Waals surface area contributed by atoms with Gasteiger partial charge in [0.05, 0.1) is 23.0 Å². The highest BCUT2D eigenvalue weighted by Crippen LogP contribution is 2.29. The van der Waals surface area contributed by atoms with Gasteiger partial charge in [-0.05, 0) is 44.5 Å². The third kappa shape index (κ3) is 2.02. The summed E-state index contributed by atoms with van der Waals surface area (Å²) in [7, 11) is 0. The van der Waals surface area contributed by atoms with E-state index in [1.807, 2.05) is 31.2 Å². The molecular formula is C16H17ClN2O. The molecule has 0 saturated heterocycles. The van der Waals surface area contributed by atoms with Crippen molar-refractivity contribution in [3.05, 3.63) is 53.2 Å². The normalized spacial score (nSPS) is 13.0. The molecule has 0 bridgehead atoms. The number of furan rings is 1. The standard InChI is InChI=1S/C16H17ClN2O/c1-10-5-4-6-13-16(10)19(15(9-17)18-13)12(3)14-8-7-11(2)20-14/h4-8,12H,9H2,1-3H3. The molecule has 0 aliphatic rings. The van der Waals surface area contributed by atoms with Crippen molar-refractivity contribution >= 4 is 22.6 Å². The van der Waals surface area contributed by atoms with E-state index < -0.39 is 0 Å². The van der Waals surface area contributed by atoms with Crippen LogP contribution in [-0.4, -0.2) is 9.55 Å². The van der Waals surface area contributed by atoms with E-state index in [1.54, 1.807) is 0 Å². The van der Waals surface area contributed by atoms with Gasteiger partial charge in [0, 0.05) is 0 Å². The number of benzene rings is 1. The van der Waals surface area contributed by atoms with Crippen LogP contribution >= 0.6 is 11.6 Å². The number of rotatable bonds is 3. The quantitative estimate of drug-likeness (QED) is 0.660. The number of alkyl halides is 1. The summed E-state index contributed by atoms with van der Waals surface area (Å²) in [5.41, 5.74) is 3.31. The highest BCUT2D eigenvalue weighted by Gasteiger charge is 2.20. The van der Waals surface area contributed by atoms with Gasteiger partial charge in [-0.15, -0.1) is 11.6 Å². The van der Waals surface area contributed by atoms with Gasteiger partial charge in [-0.1, -0.05) is 12.1 Å². The minimum atomic E-state index is 0.0727. The second kappa shape index (κ2) is 4.98. The molecule has 1 aromatic carbocycles. The SMILES string of the molecule is Cc1ccc(C(C)n2c(CCl)nc3cccc(C)c32)o1. The number of aromatic nitrogens is 2. The molecule has 1 atom stereocenters. The van der Waals surface area contributed by atoms with Gasteiger partial charge in [0.25, 0.3) is 0 Å². The van der Waals surface area contributed by atoms with Crippen LogP contribution in [0.1, 0.15) is 35.9 Å². The Morgan fingerprint density at radius 3 is 2.70 bits per heavy atom. The van der Waals surface area contributed by atoms with Crippen molar-refractivity contribution in [3.8, 4) is 0 Å². The van der Waals surface area contributed by atoms with Gasteiger partial charge in [-0.25, -0.2) is 4.98 Å². The molecule has 0 aliphatic heterocycles. The molecule has 0 spiro atoms. The van der Waals surface area contributed by atoms with Crippen LogP contribution in [0, 0.1) is 13.8 Å². The molecule has 4 heteroatoms. The van der Waals surface area contributed by atoms with E-state index in [-0.39, 0.29) is 6.04 Å². The van der Waals surface area contributed by atoms with E-state index in [0.29, 0.717) is 5.88 Å². The monoisotopic (exact) mass is 288 g/mol. The second-order valence-corrected chi connectivity index (χ2v) is 5.37. The first-order chi connectivity index (χ1) is 9.61. The smallest absolute Gasteiger partial charge is 0.126 e. The summed E-state index contributed by atoms with van der Waals surface area (Å²) in [5, 5.41) is 0. The first-order valence-electron chi connectivity index (χ1n) is 6.70. The molecule has 2 aromatic heterocycles. The highest BCUT2D eigenvalue weighted by molar-refractivity contribution is 6.16. The van der Waals surface area contributed by atoms with Crippen molar-refractivity contribution in [3.63, 3.8) is 0 Å². The molecule has 0 amide bonds. The fraction of sp³-hybridized carbons (Fsp3) is 0.312. The molecule has 0 fully saturated rings. The number of halogens is 1. The lowest BCUT2D eigenvalue weighted by Crippen LogP contribution is -2.09. The van der Waals surface area contributed by atoms with Crippen LogP contribution in [0.5, 0.6) is 0 Å². The molecule has 0 N–H and O–H groups in total. The Hall–Kier alpha value is -1.74. The third-order valence-corrected chi connectivity index (χ3v) is 3.90. The molecule has 0 radical (unpaired) electrons. The molecule has 2 heterocycles. The largest absolute Gasteiger partial charge is 0.464 e. The highest BCUT2D eigenvalue weighted by atomic mass is 35.5. The predicted octanol–water partition coefficient (Wildman–Crippen LogP) is 4.59. The van der Waals surface area contributed by atoms with Gasteiger partial charge in [-0.3, -0.25) is 0 Å². The van der Waals surface area contributed by atoms with E-state index >= 15 is 0 Å². The molecule has 0 saturated carbocycles. The summed E-state index contributed by atoms with van der Waals surface area (Å²) in [4.78, 5) is 4.63. The summed E-state index contributed by atoms with van der Waals surface area (Å²) in [6.45, 7) is 6.16. The van der Waals surface area contributed by atoms with E-state index in [1.165, 1.54) is 5.56 Å². The zero-order valence-corrected chi connectivity index (χ0v) is 12.6. The summed E-state index contributed by atoms with van der Waals surface area (Å²) >= 11 is 6.08. The van der Waals surface area contributed by atoms with Crippen LogP contribution in [0.25, 0.3) is 11.0 Å². The first kappa shape index (κ1) is 13.3. The number of fused-ring (bicyclic) bond motifs is 1. The van der Waals surface area contributed by atoms with Crippen molar-refractivity contribution in [1.29, 1.82) is 0 Å². The van der Waals surface area contributed by atoms with Gasteiger partial charge in [0.1, 0.15) is 17.3 Å². The van der Waals surface area contributed by atoms with Crippen molar-refractivity contribution in [2.75, 3.05) is 0 Å². The minimum Gasteiger partial charge on any atom is -0.464 e. The van der Waals surface area contributed by atoms with Crippen LogP contribution < -0.4 is 0 Å². The lowest BCUT2D eigenvalue weighted by Gasteiger charge is -2.15. The maximum atomic E-state index is 6.08. The van der Waals surface area contributed by atoms with E-state index in [0.717, 1.165) is 28.4 Å². The Morgan fingerprint density at radius 1 is 1.25 bits per heavy atom. The van der Waals surface area contributed by atoms with Gasteiger partial charge < -0.3 is 8.98 Å². The van der Waals surface area contributed by atoms with Crippen molar-refractivity contribution in [2.45, 2.75) is 32.7 Å². The molecule has 20 heavy (non-hydrogen) atoms. The number of aryl methyl sites for hydroxylation is 2. The average Bonchev–Trinajstić information content (AvgIpc) is 3.02. The van der Waals surface area contributed by atoms with Crippen LogP contribution in [0.3, 0.4) is 0 Å². The fourth-order valence-corrected chi connectivity index (χ4v) is 2.87. The second-order valence-electron chi connectivity index (χ2n) is 5.10. The molecule has 0 aliphatic carbocycles. The summed E-state index contributed by atoms with van der Waals surface area (Å²) in [5.74, 6) is 3.10. The number of nitrogens with zero attached hydrogens (tertiary/aromatic N) is 2. The van der Waals surface area contributed by atoms with Gasteiger partial charge in [-0.2, -0.15) is 0 Å². The number of hydrogen-bond acceptors (Lipinski definition) is 2. The maximum absolute atomic E-state index is 6.08. The summed E-state index contributed by atoms with van der Waals surface area (Å²) in [6.07, 6.45) is 0. The molecule has 3 rings (SSSR count). The molecular weight excluding hydrogens is 272 g/mol. The number of hydrogen-bond donors (Lipinski definition) is 0. The summed E-state index contributed by atoms with van der Waals surface area (Å²) < 4.78 is 7.94. The lowest BCUT2D eigenvalue weighted by molar-refractivity contribution is 0.429. The van der Waals surface area contributed by atoms with Gasteiger partial charge in [0.2, 0.25) is 0 Å². The van der Waals surface area contributed by atoms with Crippen LogP contribution in [0.15, 0.2) is 34.7 Å². The van der Waals surface area contributed by atoms with Crippen LogP contribution in [-0.2, 0) is 5.88 Å². The van der Waals surface area contributed by atoms with Gasteiger partial charge >= 0.3 is 0 Å². The third-order valence-electron chi connectivity index (χ3n) is 3.66. The average molecular weight is 289 g/mol. The molecule has 1 unspecified atom stereocenters. The zero-order chi connectivity index (χ0) is 14.3. The zero-order valence-electron chi connectivity index (χ0n) is 11.9. The van der Waals surface area contributed by atoms with Crippen LogP contribution in [0.2, 0.25) is 0 Å². The number of imidazole rings is 1. The number of para-hydroxylation sites is 1. The van der Waals surface area contributed by atoms with Gasteiger partial charge in [0.15, 0.2) is 0 Å². The predicted molar refractivity (Wildman–Crippen MR) is 81.3 cm³/mol. The minimum absolute atomic E-state index is 0.0727. The fourth-order valence-electron chi connectivity index (χ4n) is 2.69. The molecule has 3 aromatic rings. The Kier molecular flexibility index (Phi) is 3.30. The Bertz CT molecular complexity index is 757. The van der Waals surface area contributed by atoms with E-state index in [9.17, 15) is 0 Å². The Balaban J connectivity index is 2.23. The van der Waals surface area contributed by atoms with E-state index in [4.69, 9.17) is 16.0 Å². The first-order valence-corrected chi connectivity index (χ1v) is 7.24. The summed E-state index contributed by atoms with van der Waals surface area (Å²) in [6, 6.07) is 10.2. The molecule has 3 nitrogen and oxygen atoms in total. The Morgan fingerprint density at radius 2 is 2.05 bits per heavy atom. The Labute approximate surface area is 123 Å². The topological polar surface area (TPSA) is 31.0 Å². The molecule has 104 valence electrons. The van der Waals surface area contributed by atoms with Crippen molar-refractivity contribution < 1.29 is 4.42 Å². The van der Waals surface area contributed by atoms with Crippen molar-refractivity contribution in [2.24, 2.45) is 0 Å². The maximum Gasteiger partial charge on any atom is 0.126 e. The van der Waals surface area contributed by atoms with Crippen molar-refractivity contribution in [1.82, 2.24) is 9.55 Å². The lowest BCUT2D eigenvalue weighted by atomic mass is 10.2.